The van der Waals surface area contributed by atoms with Crippen LogP contribution in [0.25, 0.3) is 0 Å². The maximum atomic E-state index is 11.6. The first-order valence-corrected chi connectivity index (χ1v) is 5.99. The van der Waals surface area contributed by atoms with Gasteiger partial charge in [0.05, 0.1) is 12.1 Å². The molecule has 1 aromatic rings. The van der Waals surface area contributed by atoms with Gasteiger partial charge in [-0.2, -0.15) is 0 Å². The van der Waals surface area contributed by atoms with Crippen LogP contribution in [0.2, 0.25) is 5.02 Å². The van der Waals surface area contributed by atoms with Crippen molar-refractivity contribution >= 4 is 29.3 Å². The van der Waals surface area contributed by atoms with Crippen molar-refractivity contribution in [3.05, 3.63) is 23.2 Å². The molecule has 0 spiro atoms. The van der Waals surface area contributed by atoms with Crippen molar-refractivity contribution in [3.8, 4) is 5.75 Å². The average molecular weight is 287 g/mol. The smallest absolute Gasteiger partial charge is 0.326 e. The van der Waals surface area contributed by atoms with Crippen molar-refractivity contribution in [3.63, 3.8) is 0 Å². The summed E-state index contributed by atoms with van der Waals surface area (Å²) >= 11 is 5.85. The number of carbonyl (C=O) groups excluding carboxylic acids is 1. The highest BCUT2D eigenvalue weighted by Gasteiger charge is 2.17. The predicted octanol–water partition coefficient (Wildman–Crippen LogP) is 2.33. The summed E-state index contributed by atoms with van der Waals surface area (Å²) < 4.78 is 5.01. The number of amides is 2. The highest BCUT2D eigenvalue weighted by atomic mass is 35.5. The van der Waals surface area contributed by atoms with Crippen LogP contribution in [0.1, 0.15) is 13.3 Å². The maximum absolute atomic E-state index is 11.6. The minimum Gasteiger partial charge on any atom is -0.495 e. The molecule has 1 atom stereocenters. The summed E-state index contributed by atoms with van der Waals surface area (Å²) in [6.45, 7) is 1.67. The molecule has 1 aromatic carbocycles. The number of methoxy groups -OCH3 is 1. The molecule has 0 unspecified atom stereocenters. The first-order chi connectivity index (χ1) is 8.97. The molecule has 3 N–H and O–H groups in total. The van der Waals surface area contributed by atoms with Crippen molar-refractivity contribution < 1.29 is 19.4 Å². The van der Waals surface area contributed by atoms with Crippen LogP contribution in [0.15, 0.2) is 18.2 Å². The van der Waals surface area contributed by atoms with E-state index < -0.39 is 18.0 Å². The number of benzene rings is 1. The Morgan fingerprint density at radius 1 is 1.47 bits per heavy atom. The fourth-order valence-electron chi connectivity index (χ4n) is 1.40. The summed E-state index contributed by atoms with van der Waals surface area (Å²) in [5.74, 6) is -0.656. The molecule has 0 radical (unpaired) electrons. The molecule has 0 fully saturated rings. The number of halogens is 1. The molecule has 0 aliphatic rings. The molecular weight excluding hydrogens is 272 g/mol. The molecule has 6 nitrogen and oxygen atoms in total. The molecule has 0 aliphatic heterocycles. The lowest BCUT2D eigenvalue weighted by atomic mass is 10.2. The van der Waals surface area contributed by atoms with Crippen molar-refractivity contribution in [2.45, 2.75) is 19.4 Å². The molecule has 1 rings (SSSR count). The Kier molecular flexibility index (Phi) is 5.44. The summed E-state index contributed by atoms with van der Waals surface area (Å²) in [5, 5.41) is 14.1. The third kappa shape index (κ3) is 4.33. The van der Waals surface area contributed by atoms with E-state index in [1.54, 1.807) is 25.1 Å². The standard InChI is InChI=1S/C12H15ClN2O4/c1-3-9(11(16)17)15-12(18)14-7-4-5-8(13)10(6-7)19-2/h4-6,9H,3H2,1-2H3,(H,16,17)(H2,14,15,18)/t9-/m1/s1. The third-order valence-corrected chi connectivity index (χ3v) is 2.73. The lowest BCUT2D eigenvalue weighted by Crippen LogP contribution is -2.42. The number of carboxylic acid groups (broad SMARTS) is 1. The van der Waals surface area contributed by atoms with Gasteiger partial charge in [-0.15, -0.1) is 0 Å². The molecule has 0 saturated carbocycles. The Labute approximate surface area is 115 Å². The largest absolute Gasteiger partial charge is 0.495 e. The van der Waals surface area contributed by atoms with Crippen molar-refractivity contribution in [1.82, 2.24) is 5.32 Å². The lowest BCUT2D eigenvalue weighted by molar-refractivity contribution is -0.139. The number of carboxylic acids is 1. The van der Waals surface area contributed by atoms with E-state index in [4.69, 9.17) is 21.4 Å². The predicted molar refractivity (Wildman–Crippen MR) is 71.9 cm³/mol. The first kappa shape index (κ1) is 15.1. The fraction of sp³-hybridized carbons (Fsp3) is 0.333. The van der Waals surface area contributed by atoms with Crippen molar-refractivity contribution in [1.29, 1.82) is 0 Å². The maximum Gasteiger partial charge on any atom is 0.326 e. The minimum absolute atomic E-state index is 0.298. The van der Waals surface area contributed by atoms with Crippen LogP contribution in [0.4, 0.5) is 10.5 Å². The van der Waals surface area contributed by atoms with Gasteiger partial charge in [0.15, 0.2) is 0 Å². The normalized spacial score (nSPS) is 11.5. The summed E-state index contributed by atoms with van der Waals surface area (Å²) in [6, 6.07) is 3.19. The number of hydrogen-bond donors (Lipinski definition) is 3. The summed E-state index contributed by atoms with van der Waals surface area (Å²) in [4.78, 5) is 22.4. The number of nitrogens with one attached hydrogen (secondary N) is 2. The second kappa shape index (κ2) is 6.84. The molecule has 0 saturated heterocycles. The molecule has 0 heterocycles. The zero-order valence-electron chi connectivity index (χ0n) is 10.6. The quantitative estimate of drug-likeness (QED) is 0.775. The van der Waals surface area contributed by atoms with Gasteiger partial charge in [0.25, 0.3) is 0 Å². The van der Waals surface area contributed by atoms with Crippen LogP contribution in [0, 0.1) is 0 Å². The molecule has 19 heavy (non-hydrogen) atoms. The van der Waals surface area contributed by atoms with E-state index in [0.29, 0.717) is 22.9 Å². The van der Waals surface area contributed by atoms with Crippen LogP contribution in [-0.2, 0) is 4.79 Å². The zero-order chi connectivity index (χ0) is 14.4. The Morgan fingerprint density at radius 2 is 2.16 bits per heavy atom. The van der Waals surface area contributed by atoms with E-state index in [1.165, 1.54) is 7.11 Å². The van der Waals surface area contributed by atoms with Crippen LogP contribution in [0.3, 0.4) is 0 Å². The van der Waals surface area contributed by atoms with Gasteiger partial charge in [0.1, 0.15) is 11.8 Å². The number of urea groups is 1. The minimum atomic E-state index is -1.08. The highest BCUT2D eigenvalue weighted by Crippen LogP contribution is 2.27. The molecule has 0 bridgehead atoms. The van der Waals surface area contributed by atoms with Gasteiger partial charge in [-0.05, 0) is 18.6 Å². The van der Waals surface area contributed by atoms with Crippen LogP contribution >= 0.6 is 11.6 Å². The number of ether oxygens (including phenoxy) is 1. The molecule has 2 amide bonds. The summed E-state index contributed by atoms with van der Waals surface area (Å²) in [6.07, 6.45) is 0.298. The van der Waals surface area contributed by atoms with E-state index in [1.807, 2.05) is 0 Å². The van der Waals surface area contributed by atoms with Gasteiger partial charge < -0.3 is 20.5 Å². The van der Waals surface area contributed by atoms with Gasteiger partial charge in [0.2, 0.25) is 0 Å². The topological polar surface area (TPSA) is 87.7 Å². The van der Waals surface area contributed by atoms with Crippen molar-refractivity contribution in [2.75, 3.05) is 12.4 Å². The lowest BCUT2D eigenvalue weighted by Gasteiger charge is -2.13. The molecule has 104 valence electrons. The van der Waals surface area contributed by atoms with E-state index in [2.05, 4.69) is 10.6 Å². The number of carbonyl (C=O) groups is 2. The van der Waals surface area contributed by atoms with Gasteiger partial charge in [0, 0.05) is 11.8 Å². The van der Waals surface area contributed by atoms with E-state index in [9.17, 15) is 9.59 Å². The van der Waals surface area contributed by atoms with Gasteiger partial charge in [-0.25, -0.2) is 9.59 Å². The van der Waals surface area contributed by atoms with Gasteiger partial charge in [-0.3, -0.25) is 0 Å². The number of hydrogen-bond acceptors (Lipinski definition) is 3. The van der Waals surface area contributed by atoms with Crippen LogP contribution in [-0.4, -0.2) is 30.3 Å². The Morgan fingerprint density at radius 3 is 2.68 bits per heavy atom. The molecule has 0 aliphatic carbocycles. The van der Waals surface area contributed by atoms with Gasteiger partial charge in [-0.1, -0.05) is 18.5 Å². The van der Waals surface area contributed by atoms with E-state index in [0.717, 1.165) is 0 Å². The highest BCUT2D eigenvalue weighted by molar-refractivity contribution is 6.32. The Balaban J connectivity index is 2.69. The molecular formula is C12H15ClN2O4. The van der Waals surface area contributed by atoms with E-state index in [-0.39, 0.29) is 0 Å². The first-order valence-electron chi connectivity index (χ1n) is 5.61. The SMILES string of the molecule is CC[C@@H](NC(=O)Nc1ccc(Cl)c(OC)c1)C(=O)O. The molecule has 0 aromatic heterocycles. The zero-order valence-corrected chi connectivity index (χ0v) is 11.3. The summed E-state index contributed by atoms with van der Waals surface area (Å²) in [7, 11) is 1.46. The van der Waals surface area contributed by atoms with E-state index >= 15 is 0 Å². The second-order valence-electron chi connectivity index (χ2n) is 3.75. The third-order valence-electron chi connectivity index (χ3n) is 2.42. The summed E-state index contributed by atoms with van der Waals surface area (Å²) in [5.41, 5.74) is 0.457. The number of rotatable bonds is 5. The van der Waals surface area contributed by atoms with Gasteiger partial charge >= 0.3 is 12.0 Å². The van der Waals surface area contributed by atoms with Crippen molar-refractivity contribution in [2.24, 2.45) is 0 Å². The Bertz CT molecular complexity index is 479. The fourth-order valence-corrected chi connectivity index (χ4v) is 1.60. The second-order valence-corrected chi connectivity index (χ2v) is 4.15. The number of anilines is 1. The van der Waals surface area contributed by atoms with Crippen LogP contribution < -0.4 is 15.4 Å². The monoisotopic (exact) mass is 286 g/mol. The Hall–Kier alpha value is -1.95. The van der Waals surface area contributed by atoms with Crippen LogP contribution in [0.5, 0.6) is 5.75 Å². The molecule has 7 heteroatoms. The average Bonchev–Trinajstić information content (AvgIpc) is 2.37. The number of aliphatic carboxylic acids is 1.